The predicted octanol–water partition coefficient (Wildman–Crippen LogP) is 1.20. The molecule has 0 saturated carbocycles. The molecule has 2 amide bonds. The number of carboxylic acids is 1. The van der Waals surface area contributed by atoms with Crippen LogP contribution < -0.4 is 15.4 Å². The lowest BCUT2D eigenvalue weighted by Gasteiger charge is -2.23. The number of anilines is 1. The normalized spacial score (nSPS) is 20.9. The lowest BCUT2D eigenvalue weighted by atomic mass is 9.99. The number of carbonyl (C=O) groups excluding carboxylic acids is 1. The first-order valence-electron chi connectivity index (χ1n) is 6.21. The lowest BCUT2D eigenvalue weighted by Crippen LogP contribution is -2.56. The van der Waals surface area contributed by atoms with Gasteiger partial charge in [0.2, 0.25) is 0 Å². The van der Waals surface area contributed by atoms with E-state index in [4.69, 9.17) is 9.47 Å². The van der Waals surface area contributed by atoms with Gasteiger partial charge in [-0.15, -0.1) is 0 Å². The zero-order valence-corrected chi connectivity index (χ0v) is 11.3. The highest BCUT2D eigenvalue weighted by atomic mass is 19.1. The molecule has 0 aliphatic carbocycles. The summed E-state index contributed by atoms with van der Waals surface area (Å²) in [6.07, 6.45) is 0.183. The summed E-state index contributed by atoms with van der Waals surface area (Å²) in [5.41, 5.74) is -1.15. The van der Waals surface area contributed by atoms with Crippen molar-refractivity contribution >= 4 is 17.7 Å². The fraction of sp³-hybridized carbons (Fsp3) is 0.385. The molecule has 1 aliphatic rings. The summed E-state index contributed by atoms with van der Waals surface area (Å²) in [5, 5.41) is 14.0. The fourth-order valence-corrected chi connectivity index (χ4v) is 2.00. The highest BCUT2D eigenvalue weighted by Gasteiger charge is 2.44. The third-order valence-corrected chi connectivity index (χ3v) is 3.19. The summed E-state index contributed by atoms with van der Waals surface area (Å²) in [4.78, 5) is 23.2. The van der Waals surface area contributed by atoms with Gasteiger partial charge in [0.05, 0.1) is 13.7 Å². The van der Waals surface area contributed by atoms with Gasteiger partial charge in [0, 0.05) is 24.8 Å². The minimum atomic E-state index is -1.44. The van der Waals surface area contributed by atoms with Crippen molar-refractivity contribution in [2.24, 2.45) is 0 Å². The Hall–Kier alpha value is -2.35. The molecule has 1 saturated heterocycles. The van der Waals surface area contributed by atoms with Gasteiger partial charge in [-0.3, -0.25) is 0 Å². The van der Waals surface area contributed by atoms with E-state index in [9.17, 15) is 19.1 Å². The van der Waals surface area contributed by atoms with Crippen LogP contribution in [-0.2, 0) is 9.53 Å². The van der Waals surface area contributed by atoms with Gasteiger partial charge in [0.1, 0.15) is 0 Å². The van der Waals surface area contributed by atoms with E-state index in [-0.39, 0.29) is 31.1 Å². The van der Waals surface area contributed by atoms with E-state index in [2.05, 4.69) is 10.6 Å². The molecule has 0 spiro atoms. The molecule has 0 radical (unpaired) electrons. The lowest BCUT2D eigenvalue weighted by molar-refractivity contribution is -0.144. The second kappa shape index (κ2) is 5.96. The molecule has 1 aromatic carbocycles. The zero-order chi connectivity index (χ0) is 15.5. The molecular formula is C13H15FN2O5. The van der Waals surface area contributed by atoms with Crippen LogP contribution in [0.5, 0.6) is 5.75 Å². The summed E-state index contributed by atoms with van der Waals surface area (Å²) in [7, 11) is 1.30. The van der Waals surface area contributed by atoms with Crippen LogP contribution in [0.15, 0.2) is 18.2 Å². The van der Waals surface area contributed by atoms with Crippen molar-refractivity contribution in [1.82, 2.24) is 5.32 Å². The quantitative estimate of drug-likeness (QED) is 0.776. The number of ether oxygens (including phenoxy) is 2. The van der Waals surface area contributed by atoms with E-state index in [0.29, 0.717) is 0 Å². The van der Waals surface area contributed by atoms with Crippen LogP contribution in [0.3, 0.4) is 0 Å². The highest BCUT2D eigenvalue weighted by molar-refractivity contribution is 5.94. The van der Waals surface area contributed by atoms with Gasteiger partial charge in [-0.2, -0.15) is 0 Å². The van der Waals surface area contributed by atoms with E-state index >= 15 is 0 Å². The van der Waals surface area contributed by atoms with Gasteiger partial charge in [0.15, 0.2) is 17.1 Å². The van der Waals surface area contributed by atoms with Crippen LogP contribution in [0.1, 0.15) is 6.42 Å². The zero-order valence-electron chi connectivity index (χ0n) is 11.3. The SMILES string of the molecule is COc1cc(NC(=O)NC2(C(=O)O)CCOC2)ccc1F. The highest BCUT2D eigenvalue weighted by Crippen LogP contribution is 2.22. The second-order valence-corrected chi connectivity index (χ2v) is 4.62. The van der Waals surface area contributed by atoms with Crippen LogP contribution in [0.25, 0.3) is 0 Å². The van der Waals surface area contributed by atoms with E-state index in [1.807, 2.05) is 0 Å². The topological polar surface area (TPSA) is 96.9 Å². The number of carbonyl (C=O) groups is 2. The molecule has 3 N–H and O–H groups in total. The molecule has 1 aliphatic heterocycles. The molecule has 7 nitrogen and oxygen atoms in total. The third kappa shape index (κ3) is 3.22. The van der Waals surface area contributed by atoms with Crippen molar-refractivity contribution in [1.29, 1.82) is 0 Å². The van der Waals surface area contributed by atoms with Crippen LogP contribution in [-0.4, -0.2) is 43.0 Å². The Morgan fingerprint density at radius 3 is 2.81 bits per heavy atom. The number of rotatable bonds is 4. The molecule has 1 unspecified atom stereocenters. The Kier molecular flexibility index (Phi) is 4.27. The fourth-order valence-electron chi connectivity index (χ4n) is 2.00. The molecule has 21 heavy (non-hydrogen) atoms. The molecular weight excluding hydrogens is 283 g/mol. The minimum absolute atomic E-state index is 0.0232. The molecule has 1 fully saturated rings. The van der Waals surface area contributed by atoms with Gasteiger partial charge < -0.3 is 25.2 Å². The number of nitrogens with one attached hydrogen (secondary N) is 2. The van der Waals surface area contributed by atoms with Crippen molar-refractivity contribution in [2.75, 3.05) is 25.6 Å². The molecule has 0 aromatic heterocycles. The first-order chi connectivity index (χ1) is 9.97. The average Bonchev–Trinajstić information content (AvgIpc) is 2.90. The molecule has 1 atom stereocenters. The number of methoxy groups -OCH3 is 1. The molecule has 2 rings (SSSR count). The van der Waals surface area contributed by atoms with E-state index in [1.54, 1.807) is 0 Å². The summed E-state index contributed by atoms with van der Waals surface area (Å²) >= 11 is 0. The largest absolute Gasteiger partial charge is 0.494 e. The Balaban J connectivity index is 2.06. The molecule has 1 heterocycles. The Morgan fingerprint density at radius 1 is 1.48 bits per heavy atom. The molecule has 0 bridgehead atoms. The summed E-state index contributed by atoms with van der Waals surface area (Å²) < 4.78 is 23.1. The molecule has 114 valence electrons. The van der Waals surface area contributed by atoms with Crippen molar-refractivity contribution < 1.29 is 28.6 Å². The summed E-state index contributed by atoms with van der Waals surface area (Å²) in [6, 6.07) is 3.07. The standard InChI is InChI=1S/C13H15FN2O5/c1-20-10-6-8(2-3-9(10)14)15-12(19)16-13(11(17)18)4-5-21-7-13/h2-3,6H,4-5,7H2,1H3,(H,17,18)(H2,15,16,19). The van der Waals surface area contributed by atoms with Gasteiger partial charge >= 0.3 is 12.0 Å². The maximum atomic E-state index is 13.3. The van der Waals surface area contributed by atoms with Crippen molar-refractivity contribution in [3.8, 4) is 5.75 Å². The first-order valence-corrected chi connectivity index (χ1v) is 6.21. The second-order valence-electron chi connectivity index (χ2n) is 4.62. The van der Waals surface area contributed by atoms with Crippen LogP contribution in [0.2, 0.25) is 0 Å². The first kappa shape index (κ1) is 15.0. The van der Waals surface area contributed by atoms with E-state index in [0.717, 1.165) is 6.07 Å². The van der Waals surface area contributed by atoms with Gasteiger partial charge in [-0.1, -0.05) is 0 Å². The van der Waals surface area contributed by atoms with Crippen molar-refractivity contribution in [3.63, 3.8) is 0 Å². The number of hydrogen-bond donors (Lipinski definition) is 3. The number of benzene rings is 1. The smallest absolute Gasteiger partial charge is 0.332 e. The Bertz CT molecular complexity index is 557. The number of halogens is 1. The number of carboxylic acid groups (broad SMARTS) is 1. The molecule has 8 heteroatoms. The Labute approximate surface area is 120 Å². The molecule has 1 aromatic rings. The summed E-state index contributed by atoms with van der Waals surface area (Å²) in [5.74, 6) is -1.74. The average molecular weight is 298 g/mol. The third-order valence-electron chi connectivity index (χ3n) is 3.19. The minimum Gasteiger partial charge on any atom is -0.494 e. The number of hydrogen-bond acceptors (Lipinski definition) is 4. The van der Waals surface area contributed by atoms with Crippen molar-refractivity contribution in [3.05, 3.63) is 24.0 Å². The summed E-state index contributed by atoms with van der Waals surface area (Å²) in [6.45, 7) is 0.166. The van der Waals surface area contributed by atoms with Gasteiger partial charge in [-0.25, -0.2) is 14.0 Å². The van der Waals surface area contributed by atoms with Crippen LogP contribution in [0.4, 0.5) is 14.9 Å². The van der Waals surface area contributed by atoms with E-state index < -0.39 is 23.4 Å². The van der Waals surface area contributed by atoms with Gasteiger partial charge in [0.25, 0.3) is 0 Å². The number of amides is 2. The Morgan fingerprint density at radius 2 is 2.24 bits per heavy atom. The van der Waals surface area contributed by atoms with E-state index in [1.165, 1.54) is 19.2 Å². The number of aliphatic carboxylic acids is 1. The van der Waals surface area contributed by atoms with Crippen LogP contribution >= 0.6 is 0 Å². The van der Waals surface area contributed by atoms with Crippen molar-refractivity contribution in [2.45, 2.75) is 12.0 Å². The predicted molar refractivity (Wildman–Crippen MR) is 70.9 cm³/mol. The van der Waals surface area contributed by atoms with Crippen LogP contribution in [0, 0.1) is 5.82 Å². The maximum absolute atomic E-state index is 13.3. The maximum Gasteiger partial charge on any atom is 0.332 e. The monoisotopic (exact) mass is 298 g/mol. The number of urea groups is 1. The van der Waals surface area contributed by atoms with Gasteiger partial charge in [-0.05, 0) is 12.1 Å².